The molecule has 0 aliphatic carbocycles. The van der Waals surface area contributed by atoms with Crippen LogP contribution in [0, 0.1) is 0 Å². The molecule has 0 radical (unpaired) electrons. The molecule has 4 heteroatoms. The number of alkyl halides is 2. The predicted octanol–water partition coefficient (Wildman–Crippen LogP) is 3.93. The first-order valence-corrected chi connectivity index (χ1v) is 4.80. The van der Waals surface area contributed by atoms with Crippen LogP contribution in [-0.2, 0) is 0 Å². The maximum atomic E-state index is 12.3. The summed E-state index contributed by atoms with van der Waals surface area (Å²) in [6.07, 6.45) is -2.52. The molecular formula is C10H6BrF2N. The quantitative estimate of drug-likeness (QED) is 0.755. The second kappa shape index (κ2) is 3.61. The Kier molecular flexibility index (Phi) is 2.46. The Bertz CT molecular complexity index is 471. The van der Waals surface area contributed by atoms with Gasteiger partial charge in [0.05, 0.1) is 5.52 Å². The van der Waals surface area contributed by atoms with E-state index in [4.69, 9.17) is 0 Å². The van der Waals surface area contributed by atoms with Gasteiger partial charge in [0.15, 0.2) is 0 Å². The van der Waals surface area contributed by atoms with Crippen molar-refractivity contribution >= 4 is 26.8 Å². The lowest BCUT2D eigenvalue weighted by Crippen LogP contribution is -1.89. The smallest absolute Gasteiger partial charge is 0.247 e. The van der Waals surface area contributed by atoms with Crippen molar-refractivity contribution in [2.24, 2.45) is 0 Å². The Labute approximate surface area is 87.9 Å². The molecule has 0 saturated carbocycles. The summed E-state index contributed by atoms with van der Waals surface area (Å²) in [5.74, 6) is 0. The molecule has 1 aromatic heterocycles. The zero-order valence-electron chi connectivity index (χ0n) is 7.05. The minimum absolute atomic E-state index is 0.185. The third-order valence-electron chi connectivity index (χ3n) is 1.90. The summed E-state index contributed by atoms with van der Waals surface area (Å²) in [5, 5.41) is 0.859. The van der Waals surface area contributed by atoms with E-state index in [2.05, 4.69) is 20.9 Å². The molecule has 0 aliphatic heterocycles. The molecule has 1 nitrogen and oxygen atoms in total. The van der Waals surface area contributed by atoms with Crippen molar-refractivity contribution in [2.75, 3.05) is 0 Å². The third-order valence-corrected chi connectivity index (χ3v) is 2.39. The molecule has 0 saturated heterocycles. The highest BCUT2D eigenvalue weighted by molar-refractivity contribution is 9.10. The monoisotopic (exact) mass is 257 g/mol. The van der Waals surface area contributed by atoms with E-state index >= 15 is 0 Å². The largest absolute Gasteiger partial charge is 0.280 e. The Balaban J connectivity index is 2.63. The molecule has 14 heavy (non-hydrogen) atoms. The number of fused-ring (bicyclic) bond motifs is 1. The van der Waals surface area contributed by atoms with Gasteiger partial charge in [0, 0.05) is 9.86 Å². The highest BCUT2D eigenvalue weighted by atomic mass is 79.9. The lowest BCUT2D eigenvalue weighted by Gasteiger charge is -2.01. The van der Waals surface area contributed by atoms with E-state index in [0.29, 0.717) is 5.52 Å². The van der Waals surface area contributed by atoms with Crippen LogP contribution in [-0.4, -0.2) is 4.98 Å². The Morgan fingerprint density at radius 1 is 1.14 bits per heavy atom. The fourth-order valence-corrected chi connectivity index (χ4v) is 1.58. The third kappa shape index (κ3) is 1.75. The Hall–Kier alpha value is -1.03. The maximum Gasteiger partial charge on any atom is 0.280 e. The van der Waals surface area contributed by atoms with Crippen LogP contribution >= 0.6 is 15.9 Å². The van der Waals surface area contributed by atoms with Gasteiger partial charge in [-0.15, -0.1) is 0 Å². The Morgan fingerprint density at radius 3 is 2.57 bits per heavy atom. The average molecular weight is 258 g/mol. The zero-order valence-corrected chi connectivity index (χ0v) is 8.63. The maximum absolute atomic E-state index is 12.3. The summed E-state index contributed by atoms with van der Waals surface area (Å²) in [6.45, 7) is 0. The number of rotatable bonds is 1. The molecule has 0 aliphatic rings. The summed E-state index contributed by atoms with van der Waals surface area (Å²) in [7, 11) is 0. The van der Waals surface area contributed by atoms with Crippen LogP contribution in [0.25, 0.3) is 10.9 Å². The van der Waals surface area contributed by atoms with Crippen molar-refractivity contribution in [1.82, 2.24) is 4.98 Å². The first kappa shape index (κ1) is 9.52. The number of halogens is 3. The van der Waals surface area contributed by atoms with Crippen LogP contribution in [0.15, 0.2) is 34.8 Å². The molecule has 72 valence electrons. The molecule has 1 heterocycles. The zero-order chi connectivity index (χ0) is 10.1. The Morgan fingerprint density at radius 2 is 1.86 bits per heavy atom. The molecule has 2 rings (SSSR count). The van der Waals surface area contributed by atoms with Gasteiger partial charge in [-0.1, -0.05) is 28.1 Å². The van der Waals surface area contributed by atoms with Gasteiger partial charge in [-0.2, -0.15) is 0 Å². The van der Waals surface area contributed by atoms with E-state index in [1.165, 1.54) is 6.07 Å². The van der Waals surface area contributed by atoms with E-state index < -0.39 is 6.43 Å². The lowest BCUT2D eigenvalue weighted by molar-refractivity contribution is 0.146. The second-order valence-electron chi connectivity index (χ2n) is 2.87. The topological polar surface area (TPSA) is 12.9 Å². The molecule has 0 fully saturated rings. The van der Waals surface area contributed by atoms with Crippen molar-refractivity contribution < 1.29 is 8.78 Å². The highest BCUT2D eigenvalue weighted by Crippen LogP contribution is 2.22. The summed E-state index contributed by atoms with van der Waals surface area (Å²) in [5.41, 5.74) is 0.396. The number of pyridine rings is 1. The molecule has 0 atom stereocenters. The van der Waals surface area contributed by atoms with E-state index in [-0.39, 0.29) is 5.69 Å². The van der Waals surface area contributed by atoms with E-state index in [9.17, 15) is 8.78 Å². The van der Waals surface area contributed by atoms with Gasteiger partial charge in [0.1, 0.15) is 5.69 Å². The predicted molar refractivity (Wildman–Crippen MR) is 54.4 cm³/mol. The first-order valence-electron chi connectivity index (χ1n) is 4.01. The molecule has 0 spiro atoms. The molecule has 2 aromatic rings. The fraction of sp³-hybridized carbons (Fsp3) is 0.100. The SMILES string of the molecule is FC(F)c1ccc2ccc(Br)cc2n1. The van der Waals surface area contributed by atoms with E-state index in [1.807, 2.05) is 12.1 Å². The van der Waals surface area contributed by atoms with Crippen LogP contribution in [0.2, 0.25) is 0 Å². The number of nitrogens with zero attached hydrogens (tertiary/aromatic N) is 1. The van der Waals surface area contributed by atoms with Crippen LogP contribution in [0.4, 0.5) is 8.78 Å². The normalized spacial score (nSPS) is 11.1. The van der Waals surface area contributed by atoms with Gasteiger partial charge in [0.2, 0.25) is 0 Å². The van der Waals surface area contributed by atoms with Crippen LogP contribution < -0.4 is 0 Å². The molecule has 0 unspecified atom stereocenters. The van der Waals surface area contributed by atoms with Gasteiger partial charge in [-0.3, -0.25) is 0 Å². The highest BCUT2D eigenvalue weighted by Gasteiger charge is 2.08. The first-order chi connectivity index (χ1) is 6.66. The minimum Gasteiger partial charge on any atom is -0.247 e. The lowest BCUT2D eigenvalue weighted by atomic mass is 10.2. The van der Waals surface area contributed by atoms with Gasteiger partial charge in [-0.05, 0) is 18.2 Å². The van der Waals surface area contributed by atoms with Crippen molar-refractivity contribution in [3.63, 3.8) is 0 Å². The molecule has 0 amide bonds. The van der Waals surface area contributed by atoms with Gasteiger partial charge < -0.3 is 0 Å². The molecular weight excluding hydrogens is 252 g/mol. The standard InChI is InChI=1S/C10H6BrF2N/c11-7-3-1-6-2-4-8(10(12)13)14-9(6)5-7/h1-5,10H. The summed E-state index contributed by atoms with van der Waals surface area (Å²) in [6, 6.07) is 8.41. The summed E-state index contributed by atoms with van der Waals surface area (Å²) in [4.78, 5) is 3.86. The van der Waals surface area contributed by atoms with Crippen LogP contribution in [0.3, 0.4) is 0 Å². The number of benzene rings is 1. The van der Waals surface area contributed by atoms with Gasteiger partial charge >= 0.3 is 0 Å². The minimum atomic E-state index is -2.52. The van der Waals surface area contributed by atoms with Crippen molar-refractivity contribution in [3.8, 4) is 0 Å². The summed E-state index contributed by atoms with van der Waals surface area (Å²) < 4.78 is 25.5. The van der Waals surface area contributed by atoms with E-state index in [0.717, 1.165) is 9.86 Å². The van der Waals surface area contributed by atoms with Crippen LogP contribution in [0.5, 0.6) is 0 Å². The second-order valence-corrected chi connectivity index (χ2v) is 3.79. The number of hydrogen-bond donors (Lipinski definition) is 0. The summed E-state index contributed by atoms with van der Waals surface area (Å²) >= 11 is 3.27. The van der Waals surface area contributed by atoms with E-state index in [1.54, 1.807) is 12.1 Å². The fourth-order valence-electron chi connectivity index (χ4n) is 1.23. The molecule has 0 N–H and O–H groups in total. The number of hydrogen-bond acceptors (Lipinski definition) is 1. The van der Waals surface area contributed by atoms with Crippen molar-refractivity contribution in [2.45, 2.75) is 6.43 Å². The molecule has 0 bridgehead atoms. The van der Waals surface area contributed by atoms with Gasteiger partial charge in [-0.25, -0.2) is 13.8 Å². The number of aromatic nitrogens is 1. The molecule has 1 aromatic carbocycles. The average Bonchev–Trinajstić information content (AvgIpc) is 2.16. The van der Waals surface area contributed by atoms with Gasteiger partial charge in [0.25, 0.3) is 6.43 Å². The van der Waals surface area contributed by atoms with Crippen LogP contribution in [0.1, 0.15) is 12.1 Å². The van der Waals surface area contributed by atoms with Crippen molar-refractivity contribution in [3.05, 3.63) is 40.5 Å². The van der Waals surface area contributed by atoms with Crippen molar-refractivity contribution in [1.29, 1.82) is 0 Å².